The van der Waals surface area contributed by atoms with Crippen LogP contribution in [0, 0.1) is 5.41 Å². The third-order valence-corrected chi connectivity index (χ3v) is 6.74. The quantitative estimate of drug-likeness (QED) is 0.267. The Morgan fingerprint density at radius 1 is 1.11 bits per heavy atom. The first kappa shape index (κ1) is 26.9. The molecule has 3 aromatic carbocycles. The van der Waals surface area contributed by atoms with Crippen molar-refractivity contribution in [3.8, 4) is 5.75 Å². The Morgan fingerprint density at radius 3 is 2.61 bits per heavy atom. The molecule has 1 atom stereocenters. The summed E-state index contributed by atoms with van der Waals surface area (Å²) in [6.07, 6.45) is 4.27. The number of fused-ring (bicyclic) bond motifs is 1. The van der Waals surface area contributed by atoms with E-state index in [4.69, 9.17) is 27.9 Å². The number of phenols is 1. The number of benzene rings is 3. The van der Waals surface area contributed by atoms with E-state index in [0.717, 1.165) is 42.5 Å². The zero-order valence-corrected chi connectivity index (χ0v) is 21.6. The minimum Gasteiger partial charge on any atom is -0.506 e. The van der Waals surface area contributed by atoms with Gasteiger partial charge in [-0.05, 0) is 42.3 Å². The number of likely N-dealkylation sites (tertiary alicyclic amines) is 1. The first-order valence-electron chi connectivity index (χ1n) is 12.3. The largest absolute Gasteiger partial charge is 0.506 e. The van der Waals surface area contributed by atoms with E-state index >= 15 is 0 Å². The highest BCUT2D eigenvalue weighted by Crippen LogP contribution is 2.23. The lowest BCUT2D eigenvalue weighted by atomic mass is 10.1. The Morgan fingerprint density at radius 2 is 1.89 bits per heavy atom. The topological polar surface area (TPSA) is 124 Å². The molecule has 1 fully saturated rings. The lowest BCUT2D eigenvalue weighted by Gasteiger charge is -2.17. The second-order valence-corrected chi connectivity index (χ2v) is 9.58. The Kier molecular flexibility index (Phi) is 8.78. The van der Waals surface area contributed by atoms with E-state index in [2.05, 4.69) is 34.5 Å². The van der Waals surface area contributed by atoms with Crippen molar-refractivity contribution in [3.63, 3.8) is 0 Å². The van der Waals surface area contributed by atoms with E-state index in [0.29, 0.717) is 6.54 Å². The van der Waals surface area contributed by atoms with E-state index < -0.39 is 5.91 Å². The van der Waals surface area contributed by atoms with Crippen LogP contribution in [0.4, 0.5) is 0 Å². The van der Waals surface area contributed by atoms with Crippen LogP contribution in [0.5, 0.6) is 5.75 Å². The number of hydrogen-bond donors (Lipinski definition) is 4. The standard InChI is InChI=1S/C22H24N4O.C7H6ClNO2/c23-13-18-7-4-8-21-20(18)10-12-26(21)16-22(27)24-19-9-11-25(15-19)14-17-5-2-1-3-6-17;8-5-3-4(7(9)11)1-2-6(5)10/h1-8,10,12-13,19,23H,9,11,14-16H2,(H,24,27);1-3,10H,(H2,9,11). The molecule has 9 heteroatoms. The molecule has 1 unspecified atom stereocenters. The fourth-order valence-corrected chi connectivity index (χ4v) is 4.72. The molecule has 0 radical (unpaired) electrons. The second-order valence-electron chi connectivity index (χ2n) is 9.17. The first-order chi connectivity index (χ1) is 18.3. The number of phenolic OH excluding ortho intramolecular Hbond substituents is 1. The summed E-state index contributed by atoms with van der Waals surface area (Å²) in [5.74, 6) is -0.581. The predicted molar refractivity (Wildman–Crippen MR) is 150 cm³/mol. The maximum atomic E-state index is 12.5. The molecule has 0 bridgehead atoms. The van der Waals surface area contributed by atoms with Gasteiger partial charge in [-0.1, -0.05) is 54.1 Å². The van der Waals surface area contributed by atoms with Gasteiger partial charge in [-0.25, -0.2) is 0 Å². The Bertz CT molecular complexity index is 1440. The normalized spacial score (nSPS) is 15.0. The van der Waals surface area contributed by atoms with E-state index in [1.807, 2.05) is 41.1 Å². The van der Waals surface area contributed by atoms with Crippen LogP contribution in [0.25, 0.3) is 10.9 Å². The van der Waals surface area contributed by atoms with Gasteiger partial charge in [0, 0.05) is 60.1 Å². The third kappa shape index (κ3) is 6.79. The van der Waals surface area contributed by atoms with Crippen LogP contribution in [0.3, 0.4) is 0 Å². The number of rotatable bonds is 7. The summed E-state index contributed by atoms with van der Waals surface area (Å²) in [7, 11) is 0. The fraction of sp³-hybridized carbons (Fsp3) is 0.207. The fourth-order valence-electron chi connectivity index (χ4n) is 4.53. The van der Waals surface area contributed by atoms with Crippen LogP contribution >= 0.6 is 11.6 Å². The summed E-state index contributed by atoms with van der Waals surface area (Å²) in [5, 5.41) is 20.8. The average Bonchev–Trinajstić information content (AvgIpc) is 3.53. The van der Waals surface area contributed by atoms with Crippen molar-refractivity contribution in [2.45, 2.75) is 25.6 Å². The summed E-state index contributed by atoms with van der Waals surface area (Å²) in [5.41, 5.74) is 8.41. The van der Waals surface area contributed by atoms with Crippen molar-refractivity contribution in [2.75, 3.05) is 13.1 Å². The van der Waals surface area contributed by atoms with E-state index in [9.17, 15) is 9.59 Å². The van der Waals surface area contributed by atoms with Gasteiger partial charge in [0.05, 0.1) is 5.02 Å². The molecule has 1 aromatic heterocycles. The van der Waals surface area contributed by atoms with Crippen LogP contribution in [0.1, 0.15) is 27.9 Å². The number of nitrogens with one attached hydrogen (secondary N) is 2. The number of carbonyl (C=O) groups is 2. The number of aromatic nitrogens is 1. The molecule has 5 rings (SSSR count). The van der Waals surface area contributed by atoms with Gasteiger partial charge in [-0.2, -0.15) is 0 Å². The molecule has 38 heavy (non-hydrogen) atoms. The Hall–Kier alpha value is -4.14. The summed E-state index contributed by atoms with van der Waals surface area (Å²) >= 11 is 5.50. The number of nitrogens with two attached hydrogens (primary N) is 1. The summed E-state index contributed by atoms with van der Waals surface area (Å²) in [4.78, 5) is 25.5. The number of aromatic hydroxyl groups is 1. The second kappa shape index (κ2) is 12.4. The lowest BCUT2D eigenvalue weighted by Crippen LogP contribution is -2.38. The zero-order chi connectivity index (χ0) is 27.1. The van der Waals surface area contributed by atoms with Crippen molar-refractivity contribution < 1.29 is 14.7 Å². The van der Waals surface area contributed by atoms with E-state index in [1.165, 1.54) is 30.0 Å². The summed E-state index contributed by atoms with van der Waals surface area (Å²) in [6, 6.07) is 22.5. The van der Waals surface area contributed by atoms with Gasteiger partial charge < -0.3 is 26.1 Å². The number of hydrogen-bond acceptors (Lipinski definition) is 5. The van der Waals surface area contributed by atoms with Gasteiger partial charge in [-0.15, -0.1) is 0 Å². The molecular formula is C29H30ClN5O3. The molecule has 1 aliphatic rings. The van der Waals surface area contributed by atoms with Gasteiger partial charge in [0.1, 0.15) is 12.3 Å². The minimum absolute atomic E-state index is 0.0410. The number of amides is 2. The first-order valence-corrected chi connectivity index (χ1v) is 12.6. The maximum Gasteiger partial charge on any atom is 0.248 e. The van der Waals surface area contributed by atoms with Gasteiger partial charge in [0.2, 0.25) is 11.8 Å². The number of carbonyl (C=O) groups excluding carboxylic acids is 2. The molecule has 0 saturated carbocycles. The Labute approximate surface area is 226 Å². The molecule has 1 aliphatic heterocycles. The number of halogens is 1. The predicted octanol–water partition coefficient (Wildman–Crippen LogP) is 4.17. The molecule has 0 aliphatic carbocycles. The van der Waals surface area contributed by atoms with Gasteiger partial charge in [-0.3, -0.25) is 14.5 Å². The van der Waals surface area contributed by atoms with Crippen molar-refractivity contribution in [1.82, 2.24) is 14.8 Å². The van der Waals surface area contributed by atoms with Crippen molar-refractivity contribution in [1.29, 1.82) is 5.41 Å². The SMILES string of the molecule is N=Cc1cccc2c1ccn2CC(=O)NC1CCN(Cc2ccccc2)C1.NC(=O)c1ccc(O)c(Cl)c1. The molecule has 5 N–H and O–H groups in total. The summed E-state index contributed by atoms with van der Waals surface area (Å²) < 4.78 is 1.95. The van der Waals surface area contributed by atoms with Crippen LogP contribution in [0.2, 0.25) is 5.02 Å². The molecule has 4 aromatic rings. The highest BCUT2D eigenvalue weighted by Gasteiger charge is 2.24. The van der Waals surface area contributed by atoms with Crippen molar-refractivity contribution in [3.05, 3.63) is 101 Å². The smallest absolute Gasteiger partial charge is 0.248 e. The van der Waals surface area contributed by atoms with Crippen molar-refractivity contribution >= 4 is 40.5 Å². The molecule has 1 saturated heterocycles. The van der Waals surface area contributed by atoms with Gasteiger partial charge in [0.15, 0.2) is 0 Å². The lowest BCUT2D eigenvalue weighted by molar-refractivity contribution is -0.122. The summed E-state index contributed by atoms with van der Waals surface area (Å²) in [6.45, 7) is 3.14. The maximum absolute atomic E-state index is 12.5. The Balaban J connectivity index is 0.000000257. The molecule has 8 nitrogen and oxygen atoms in total. The van der Waals surface area contributed by atoms with Gasteiger partial charge in [0.25, 0.3) is 0 Å². The van der Waals surface area contributed by atoms with Crippen LogP contribution in [-0.2, 0) is 17.9 Å². The minimum atomic E-state index is -0.563. The van der Waals surface area contributed by atoms with Crippen LogP contribution in [0.15, 0.2) is 79.0 Å². The van der Waals surface area contributed by atoms with Crippen LogP contribution < -0.4 is 11.1 Å². The molecule has 196 valence electrons. The number of primary amides is 1. The molecule has 0 spiro atoms. The van der Waals surface area contributed by atoms with E-state index in [1.54, 1.807) is 0 Å². The average molecular weight is 532 g/mol. The van der Waals surface area contributed by atoms with Crippen LogP contribution in [-0.4, -0.2) is 51.7 Å². The highest BCUT2D eigenvalue weighted by molar-refractivity contribution is 6.32. The van der Waals surface area contributed by atoms with Crippen molar-refractivity contribution in [2.24, 2.45) is 5.73 Å². The molecule has 2 heterocycles. The molecular weight excluding hydrogens is 502 g/mol. The van der Waals surface area contributed by atoms with Gasteiger partial charge >= 0.3 is 0 Å². The third-order valence-electron chi connectivity index (χ3n) is 6.44. The highest BCUT2D eigenvalue weighted by atomic mass is 35.5. The molecule has 2 amide bonds. The zero-order valence-electron chi connectivity index (χ0n) is 20.8. The number of nitrogens with zero attached hydrogens (tertiary/aromatic N) is 2. The van der Waals surface area contributed by atoms with E-state index in [-0.39, 0.29) is 28.3 Å². The monoisotopic (exact) mass is 531 g/mol.